The maximum atomic E-state index is 7.66. The molecule has 2 aliphatic carbocycles. The quantitative estimate of drug-likeness (QED) is 0.188. The summed E-state index contributed by atoms with van der Waals surface area (Å²) in [6.07, 6.45) is 4.66. The van der Waals surface area contributed by atoms with Crippen LogP contribution in [0.3, 0.4) is 0 Å². The highest BCUT2D eigenvalue weighted by atomic mass is 16.5. The van der Waals surface area contributed by atoms with E-state index in [1.807, 2.05) is 12.1 Å². The van der Waals surface area contributed by atoms with E-state index in [1.165, 1.54) is 71.8 Å². The summed E-state index contributed by atoms with van der Waals surface area (Å²) in [5.74, 6) is 1.76. The zero-order valence-electron chi connectivity index (χ0n) is 30.0. The fraction of sp³-hybridized carbons (Fsp3) is 0.184. The van der Waals surface area contributed by atoms with Gasteiger partial charge in [0.1, 0.15) is 11.5 Å². The van der Waals surface area contributed by atoms with Crippen molar-refractivity contribution in [3.05, 3.63) is 172 Å². The van der Waals surface area contributed by atoms with E-state index in [1.54, 1.807) is 7.11 Å². The molecule has 10 rings (SSSR count). The van der Waals surface area contributed by atoms with Gasteiger partial charge in [-0.15, -0.1) is 0 Å². The molecule has 248 valence electrons. The molecule has 7 aromatic carbocycles. The fourth-order valence-corrected chi connectivity index (χ4v) is 9.52. The Morgan fingerprint density at radius 2 is 1.22 bits per heavy atom. The smallest absolute Gasteiger partial charge is 0.178 e. The molecule has 1 aliphatic heterocycles. The van der Waals surface area contributed by atoms with Gasteiger partial charge in [0, 0.05) is 32.9 Å². The summed E-state index contributed by atoms with van der Waals surface area (Å²) in [7, 11) is 1.72. The van der Waals surface area contributed by atoms with Crippen LogP contribution in [0.1, 0.15) is 72.2 Å². The first-order chi connectivity index (χ1) is 24.6. The van der Waals surface area contributed by atoms with Crippen LogP contribution in [0.25, 0.3) is 49.9 Å². The Morgan fingerprint density at radius 3 is 1.98 bits per heavy atom. The highest BCUT2D eigenvalue weighted by Gasteiger charge is 2.45. The second kappa shape index (κ2) is 10.2. The minimum atomic E-state index is -0.868. The molecular formula is C49H40O2. The first-order valence-electron chi connectivity index (χ1n) is 18.0. The maximum Gasteiger partial charge on any atom is 0.178 e. The monoisotopic (exact) mass is 660 g/mol. The van der Waals surface area contributed by atoms with Crippen molar-refractivity contribution in [2.75, 3.05) is 7.11 Å². The van der Waals surface area contributed by atoms with Gasteiger partial charge in [0.05, 0.1) is 7.11 Å². The molecule has 0 saturated carbocycles. The Labute approximate surface area is 300 Å². The van der Waals surface area contributed by atoms with Gasteiger partial charge in [-0.25, -0.2) is 0 Å². The lowest BCUT2D eigenvalue weighted by Gasteiger charge is -2.39. The van der Waals surface area contributed by atoms with E-state index in [-0.39, 0.29) is 10.8 Å². The van der Waals surface area contributed by atoms with Crippen LogP contribution in [0.2, 0.25) is 0 Å². The predicted octanol–water partition coefficient (Wildman–Crippen LogP) is 12.3. The van der Waals surface area contributed by atoms with Crippen molar-refractivity contribution in [3.8, 4) is 33.8 Å². The molecule has 1 heterocycles. The SMILES string of the molecule is COc1ccc(C2(c3ccc4c(c3)C(C)(C)c3cc5ccccc5cc3-4)C=Cc3c4c(c5ccccc5c3O2)-c2ccc(C)cc2C4(C)C)cc1. The molecule has 2 nitrogen and oxygen atoms in total. The molecule has 1 unspecified atom stereocenters. The number of benzene rings is 7. The first-order valence-corrected chi connectivity index (χ1v) is 18.0. The van der Waals surface area contributed by atoms with Gasteiger partial charge >= 0.3 is 0 Å². The molecule has 7 aromatic rings. The average Bonchev–Trinajstić information content (AvgIpc) is 3.52. The minimum Gasteiger partial charge on any atom is -0.497 e. The summed E-state index contributed by atoms with van der Waals surface area (Å²) in [6.45, 7) is 11.7. The number of aryl methyl sites for hydroxylation is 1. The van der Waals surface area contributed by atoms with Gasteiger partial charge in [-0.05, 0) is 104 Å². The van der Waals surface area contributed by atoms with Crippen LogP contribution in [-0.4, -0.2) is 7.11 Å². The number of fused-ring (bicyclic) bond motifs is 12. The molecule has 1 atom stereocenters. The standard InChI is InChI=1S/C49H40O2/c1-29-15-21-38-41(25-29)48(4,5)45-39-23-24-49(32-16-19-34(50-6)20-17-32,51-46(39)37-14-10-9-13-36(37)44(38)45)33-18-22-35-40-26-30-11-7-8-12-31(30)27-42(40)47(2,3)43(35)28-33/h7-28H,1-6H3. The van der Waals surface area contributed by atoms with E-state index < -0.39 is 5.60 Å². The van der Waals surface area contributed by atoms with E-state index in [2.05, 4.69) is 156 Å². The summed E-state index contributed by atoms with van der Waals surface area (Å²) in [6, 6.07) is 44.6. The topological polar surface area (TPSA) is 18.5 Å². The predicted molar refractivity (Wildman–Crippen MR) is 211 cm³/mol. The fourth-order valence-electron chi connectivity index (χ4n) is 9.52. The van der Waals surface area contributed by atoms with Gasteiger partial charge in [-0.1, -0.05) is 130 Å². The van der Waals surface area contributed by atoms with Crippen molar-refractivity contribution in [2.24, 2.45) is 0 Å². The summed E-state index contributed by atoms with van der Waals surface area (Å²) in [5, 5.41) is 4.92. The molecule has 0 N–H and O–H groups in total. The van der Waals surface area contributed by atoms with Crippen LogP contribution < -0.4 is 9.47 Å². The molecule has 0 radical (unpaired) electrons. The maximum absolute atomic E-state index is 7.66. The summed E-state index contributed by atoms with van der Waals surface area (Å²) < 4.78 is 13.3. The first kappa shape index (κ1) is 30.2. The van der Waals surface area contributed by atoms with Crippen LogP contribution in [0.15, 0.2) is 127 Å². The highest BCUT2D eigenvalue weighted by molar-refractivity contribution is 6.08. The van der Waals surface area contributed by atoms with Crippen LogP contribution >= 0.6 is 0 Å². The second-order valence-electron chi connectivity index (χ2n) is 15.7. The van der Waals surface area contributed by atoms with Crippen molar-refractivity contribution >= 4 is 27.6 Å². The van der Waals surface area contributed by atoms with E-state index >= 15 is 0 Å². The van der Waals surface area contributed by atoms with Crippen LogP contribution in [0.4, 0.5) is 0 Å². The molecule has 0 aromatic heterocycles. The van der Waals surface area contributed by atoms with Crippen molar-refractivity contribution in [2.45, 2.75) is 51.0 Å². The van der Waals surface area contributed by atoms with E-state index in [0.29, 0.717) is 0 Å². The van der Waals surface area contributed by atoms with Gasteiger partial charge < -0.3 is 9.47 Å². The third-order valence-corrected chi connectivity index (χ3v) is 12.2. The number of hydrogen-bond donors (Lipinski definition) is 0. The van der Waals surface area contributed by atoms with Crippen LogP contribution in [-0.2, 0) is 16.4 Å². The third-order valence-electron chi connectivity index (χ3n) is 12.2. The molecule has 0 saturated heterocycles. The Balaban J connectivity index is 1.22. The number of ether oxygens (including phenoxy) is 2. The molecular weight excluding hydrogens is 621 g/mol. The van der Waals surface area contributed by atoms with Crippen LogP contribution in [0.5, 0.6) is 11.5 Å². The highest BCUT2D eigenvalue weighted by Crippen LogP contribution is 2.59. The van der Waals surface area contributed by atoms with Crippen molar-refractivity contribution in [1.82, 2.24) is 0 Å². The number of rotatable bonds is 3. The average molecular weight is 661 g/mol. The lowest BCUT2D eigenvalue weighted by molar-refractivity contribution is 0.163. The second-order valence-corrected chi connectivity index (χ2v) is 15.7. The van der Waals surface area contributed by atoms with Crippen molar-refractivity contribution < 1.29 is 9.47 Å². The molecule has 0 amide bonds. The van der Waals surface area contributed by atoms with Crippen molar-refractivity contribution in [3.63, 3.8) is 0 Å². The summed E-state index contributed by atoms with van der Waals surface area (Å²) >= 11 is 0. The zero-order valence-corrected chi connectivity index (χ0v) is 30.0. The van der Waals surface area contributed by atoms with Gasteiger partial charge in [0.25, 0.3) is 0 Å². The normalized spacial score (nSPS) is 18.5. The lowest BCUT2D eigenvalue weighted by Crippen LogP contribution is -2.35. The molecule has 0 spiro atoms. The third kappa shape index (κ3) is 3.99. The van der Waals surface area contributed by atoms with Gasteiger partial charge in [0.2, 0.25) is 0 Å². The molecule has 0 fully saturated rings. The molecule has 0 bridgehead atoms. The van der Waals surface area contributed by atoms with Gasteiger partial charge in [-0.3, -0.25) is 0 Å². The summed E-state index contributed by atoms with van der Waals surface area (Å²) in [5.41, 5.74) is 14.1. The number of hydrogen-bond acceptors (Lipinski definition) is 2. The number of methoxy groups -OCH3 is 1. The van der Waals surface area contributed by atoms with Crippen molar-refractivity contribution in [1.29, 1.82) is 0 Å². The van der Waals surface area contributed by atoms with E-state index in [4.69, 9.17) is 9.47 Å². The van der Waals surface area contributed by atoms with E-state index in [0.717, 1.165) is 28.0 Å². The van der Waals surface area contributed by atoms with E-state index in [9.17, 15) is 0 Å². The molecule has 2 heteroatoms. The Hall–Kier alpha value is -5.60. The Bertz CT molecular complexity index is 2650. The van der Waals surface area contributed by atoms with Gasteiger partial charge in [0.15, 0.2) is 5.60 Å². The Morgan fingerprint density at radius 1 is 0.569 bits per heavy atom. The lowest BCUT2D eigenvalue weighted by atomic mass is 9.75. The minimum absolute atomic E-state index is 0.177. The Kier molecular flexibility index (Phi) is 6.07. The van der Waals surface area contributed by atoms with Crippen LogP contribution in [0, 0.1) is 6.92 Å². The summed E-state index contributed by atoms with van der Waals surface area (Å²) in [4.78, 5) is 0. The molecule has 51 heavy (non-hydrogen) atoms. The molecule has 3 aliphatic rings. The van der Waals surface area contributed by atoms with Gasteiger partial charge in [-0.2, -0.15) is 0 Å². The zero-order chi connectivity index (χ0) is 34.9. The largest absolute Gasteiger partial charge is 0.497 e.